The molecule has 0 saturated carbocycles. The van der Waals surface area contributed by atoms with Crippen LogP contribution < -0.4 is 0 Å². The van der Waals surface area contributed by atoms with Crippen LogP contribution in [0.3, 0.4) is 0 Å². The summed E-state index contributed by atoms with van der Waals surface area (Å²) in [6.45, 7) is 5.80. The first-order valence-corrected chi connectivity index (χ1v) is 11.5. The first kappa shape index (κ1) is 22.1. The quantitative estimate of drug-likeness (QED) is 0.531. The standard InChI is InChI=1S/C26H32N4O2/c1-4-5-15-28(3)25(32)18-30-23-14-10-9-13-22(23)27-26(30)21-16-24(31)29(17-21)19(2)20-11-7-6-8-12-20/h6-14,19,21H,4-5,15-18H2,1-3H3. The Bertz CT molecular complexity index is 1090. The average Bonchev–Trinajstić information content (AvgIpc) is 3.38. The number of carbonyl (C=O) groups excluding carboxylic acids is 2. The highest BCUT2D eigenvalue weighted by Gasteiger charge is 2.37. The third-order valence-corrected chi connectivity index (χ3v) is 6.52. The number of fused-ring (bicyclic) bond motifs is 1. The van der Waals surface area contributed by atoms with E-state index >= 15 is 0 Å². The fourth-order valence-corrected chi connectivity index (χ4v) is 4.54. The molecule has 0 aliphatic carbocycles. The van der Waals surface area contributed by atoms with Gasteiger partial charge >= 0.3 is 0 Å². The van der Waals surface area contributed by atoms with Crippen LogP contribution >= 0.6 is 0 Å². The van der Waals surface area contributed by atoms with Gasteiger partial charge in [0.05, 0.1) is 17.1 Å². The molecule has 2 unspecified atom stereocenters. The minimum atomic E-state index is -0.0326. The van der Waals surface area contributed by atoms with E-state index in [1.54, 1.807) is 4.90 Å². The minimum Gasteiger partial charge on any atom is -0.344 e. The molecule has 0 N–H and O–H groups in total. The van der Waals surface area contributed by atoms with Crippen molar-refractivity contribution in [3.63, 3.8) is 0 Å². The third kappa shape index (κ3) is 4.40. The van der Waals surface area contributed by atoms with Crippen molar-refractivity contribution in [2.45, 2.75) is 51.6 Å². The van der Waals surface area contributed by atoms with Crippen molar-refractivity contribution in [2.24, 2.45) is 0 Å². The highest BCUT2D eigenvalue weighted by atomic mass is 16.2. The maximum Gasteiger partial charge on any atom is 0.242 e. The second-order valence-corrected chi connectivity index (χ2v) is 8.75. The molecule has 4 rings (SSSR count). The Labute approximate surface area is 189 Å². The number of hydrogen-bond donors (Lipinski definition) is 0. The second kappa shape index (κ2) is 9.55. The van der Waals surface area contributed by atoms with Crippen LogP contribution in [0.15, 0.2) is 54.6 Å². The zero-order valence-corrected chi connectivity index (χ0v) is 19.2. The number of para-hydroxylation sites is 2. The molecule has 2 amide bonds. The van der Waals surface area contributed by atoms with Gasteiger partial charge in [-0.2, -0.15) is 0 Å². The molecule has 32 heavy (non-hydrogen) atoms. The molecule has 0 bridgehead atoms. The van der Waals surface area contributed by atoms with Crippen molar-refractivity contribution in [2.75, 3.05) is 20.1 Å². The van der Waals surface area contributed by atoms with E-state index in [1.807, 2.05) is 59.0 Å². The number of rotatable bonds is 8. The third-order valence-electron chi connectivity index (χ3n) is 6.52. The molecular formula is C26H32N4O2. The number of hydrogen-bond acceptors (Lipinski definition) is 3. The molecule has 3 aromatic rings. The van der Waals surface area contributed by atoms with Gasteiger partial charge in [-0.1, -0.05) is 55.8 Å². The van der Waals surface area contributed by atoms with Gasteiger partial charge in [0.2, 0.25) is 11.8 Å². The number of likely N-dealkylation sites (N-methyl/N-ethyl adjacent to an activating group) is 1. The van der Waals surface area contributed by atoms with Gasteiger partial charge < -0.3 is 14.4 Å². The minimum absolute atomic E-state index is 0.00772. The van der Waals surface area contributed by atoms with Gasteiger partial charge in [-0.25, -0.2) is 4.98 Å². The van der Waals surface area contributed by atoms with Crippen molar-refractivity contribution >= 4 is 22.8 Å². The highest BCUT2D eigenvalue weighted by Crippen LogP contribution is 2.35. The monoisotopic (exact) mass is 432 g/mol. The number of aromatic nitrogens is 2. The summed E-state index contributed by atoms with van der Waals surface area (Å²) in [5, 5.41) is 0. The zero-order valence-electron chi connectivity index (χ0n) is 19.2. The molecule has 0 radical (unpaired) electrons. The molecule has 2 atom stereocenters. The molecule has 2 heterocycles. The summed E-state index contributed by atoms with van der Waals surface area (Å²) in [5.41, 5.74) is 2.94. The fraction of sp³-hybridized carbons (Fsp3) is 0.423. The van der Waals surface area contributed by atoms with Gasteiger partial charge in [0.25, 0.3) is 0 Å². The van der Waals surface area contributed by atoms with E-state index in [9.17, 15) is 9.59 Å². The maximum absolute atomic E-state index is 13.0. The highest BCUT2D eigenvalue weighted by molar-refractivity contribution is 5.83. The average molecular weight is 433 g/mol. The first-order chi connectivity index (χ1) is 15.5. The van der Waals surface area contributed by atoms with Crippen molar-refractivity contribution < 1.29 is 9.59 Å². The summed E-state index contributed by atoms with van der Waals surface area (Å²) < 4.78 is 2.02. The van der Waals surface area contributed by atoms with Gasteiger partial charge in [0.1, 0.15) is 12.4 Å². The van der Waals surface area contributed by atoms with Crippen molar-refractivity contribution in [3.8, 4) is 0 Å². The first-order valence-electron chi connectivity index (χ1n) is 11.5. The number of imidazole rings is 1. The van der Waals surface area contributed by atoms with E-state index in [2.05, 4.69) is 26.0 Å². The number of unbranched alkanes of at least 4 members (excludes halogenated alkanes) is 1. The Morgan fingerprint density at radius 2 is 1.88 bits per heavy atom. The Morgan fingerprint density at radius 3 is 2.62 bits per heavy atom. The Hall–Kier alpha value is -3.15. The van der Waals surface area contributed by atoms with Crippen LogP contribution in [0.2, 0.25) is 0 Å². The topological polar surface area (TPSA) is 58.4 Å². The van der Waals surface area contributed by atoms with Crippen LogP contribution in [0.4, 0.5) is 0 Å². The van der Waals surface area contributed by atoms with Crippen LogP contribution in [0.1, 0.15) is 56.5 Å². The lowest BCUT2D eigenvalue weighted by Gasteiger charge is -2.25. The molecule has 1 fully saturated rings. The molecule has 2 aromatic carbocycles. The van der Waals surface area contributed by atoms with Crippen molar-refractivity contribution in [1.29, 1.82) is 0 Å². The molecule has 1 aromatic heterocycles. The Balaban J connectivity index is 1.61. The summed E-state index contributed by atoms with van der Waals surface area (Å²) in [5.74, 6) is 1.01. The summed E-state index contributed by atoms with van der Waals surface area (Å²) in [6, 6.07) is 18.0. The summed E-state index contributed by atoms with van der Waals surface area (Å²) in [4.78, 5) is 34.5. The van der Waals surface area contributed by atoms with E-state index in [4.69, 9.17) is 4.98 Å². The van der Waals surface area contributed by atoms with Crippen LogP contribution in [0.5, 0.6) is 0 Å². The molecule has 1 aliphatic heterocycles. The molecule has 6 heteroatoms. The number of amides is 2. The molecule has 1 aliphatic rings. The number of likely N-dealkylation sites (tertiary alicyclic amines) is 1. The second-order valence-electron chi connectivity index (χ2n) is 8.75. The van der Waals surface area contributed by atoms with E-state index in [0.29, 0.717) is 13.0 Å². The molecular weight excluding hydrogens is 400 g/mol. The van der Waals surface area contributed by atoms with Gasteiger partial charge in [-0.3, -0.25) is 9.59 Å². The van der Waals surface area contributed by atoms with Gasteiger partial charge in [-0.15, -0.1) is 0 Å². The lowest BCUT2D eigenvalue weighted by atomic mass is 10.1. The van der Waals surface area contributed by atoms with Crippen molar-refractivity contribution in [3.05, 3.63) is 66.0 Å². The van der Waals surface area contributed by atoms with E-state index < -0.39 is 0 Å². The van der Waals surface area contributed by atoms with Gasteiger partial charge in [0.15, 0.2) is 0 Å². The lowest BCUT2D eigenvalue weighted by Crippen LogP contribution is -2.32. The van der Waals surface area contributed by atoms with Crippen LogP contribution in [0.25, 0.3) is 11.0 Å². The molecule has 6 nitrogen and oxygen atoms in total. The number of nitrogens with zero attached hydrogens (tertiary/aromatic N) is 4. The van der Waals surface area contributed by atoms with Crippen molar-refractivity contribution in [1.82, 2.24) is 19.4 Å². The van der Waals surface area contributed by atoms with Crippen LogP contribution in [-0.4, -0.2) is 51.3 Å². The summed E-state index contributed by atoms with van der Waals surface area (Å²) in [7, 11) is 1.86. The van der Waals surface area contributed by atoms with Crippen LogP contribution in [-0.2, 0) is 16.1 Å². The SMILES string of the molecule is CCCCN(C)C(=O)Cn1c(C2CC(=O)N(C(C)c3ccccc3)C2)nc2ccccc21. The molecule has 168 valence electrons. The fourth-order valence-electron chi connectivity index (χ4n) is 4.54. The smallest absolute Gasteiger partial charge is 0.242 e. The van der Waals surface area contributed by atoms with E-state index in [0.717, 1.165) is 41.8 Å². The lowest BCUT2D eigenvalue weighted by molar-refractivity contribution is -0.130. The predicted octanol–water partition coefficient (Wildman–Crippen LogP) is 4.37. The van der Waals surface area contributed by atoms with Crippen LogP contribution in [0, 0.1) is 0 Å². The summed E-state index contributed by atoms with van der Waals surface area (Å²) >= 11 is 0. The zero-order chi connectivity index (χ0) is 22.7. The largest absolute Gasteiger partial charge is 0.344 e. The normalized spacial score (nSPS) is 17.2. The summed E-state index contributed by atoms with van der Waals surface area (Å²) in [6.07, 6.45) is 2.46. The van der Waals surface area contributed by atoms with E-state index in [1.165, 1.54) is 0 Å². The Kier molecular flexibility index (Phi) is 6.58. The maximum atomic E-state index is 13.0. The number of benzene rings is 2. The molecule has 1 saturated heterocycles. The number of carbonyl (C=O) groups is 2. The molecule has 0 spiro atoms. The van der Waals surface area contributed by atoms with Gasteiger partial charge in [0, 0.05) is 32.5 Å². The van der Waals surface area contributed by atoms with E-state index in [-0.39, 0.29) is 30.3 Å². The Morgan fingerprint density at radius 1 is 1.16 bits per heavy atom. The predicted molar refractivity (Wildman–Crippen MR) is 126 cm³/mol. The van der Waals surface area contributed by atoms with Gasteiger partial charge in [-0.05, 0) is 31.0 Å².